The fourth-order valence-corrected chi connectivity index (χ4v) is 5.54. The summed E-state index contributed by atoms with van der Waals surface area (Å²) in [6.07, 6.45) is 2.24. The Hall–Kier alpha value is -1.90. The maximum absolute atomic E-state index is 12.4. The van der Waals surface area contributed by atoms with Gasteiger partial charge in [-0.05, 0) is 23.6 Å². The molecule has 1 aliphatic heterocycles. The molecule has 3 rings (SSSR count). The van der Waals surface area contributed by atoms with E-state index >= 15 is 0 Å². The largest absolute Gasteiger partial charge is 0.748 e. The van der Waals surface area contributed by atoms with Crippen LogP contribution >= 0.6 is 0 Å². The molecule has 2 aromatic carbocycles. The molecule has 0 fully saturated rings. The second kappa shape index (κ2) is 7.98. The van der Waals surface area contributed by atoms with Gasteiger partial charge in [-0.3, -0.25) is 8.37 Å². The number of nitrogens with zero attached hydrogens (tertiary/aromatic N) is 1. The minimum atomic E-state index is -4.33. The van der Waals surface area contributed by atoms with Crippen LogP contribution < -0.4 is 0 Å². The lowest BCUT2D eigenvalue weighted by atomic mass is 10.0. The molecule has 2 aromatic rings. The maximum Gasteiger partial charge on any atom is 0.297 e. The van der Waals surface area contributed by atoms with E-state index < -0.39 is 36.1 Å². The van der Waals surface area contributed by atoms with Gasteiger partial charge >= 0.3 is 0 Å². The summed E-state index contributed by atoms with van der Waals surface area (Å²) in [5, 5.41) is 0.666. The maximum atomic E-state index is 12.4. The van der Waals surface area contributed by atoms with Crippen molar-refractivity contribution >= 4 is 53.0 Å². The third kappa shape index (κ3) is 4.40. The molecule has 0 spiro atoms. The van der Waals surface area contributed by atoms with Crippen molar-refractivity contribution < 1.29 is 42.7 Å². The molecule has 13 heteroatoms. The molecule has 0 saturated carbocycles. The molecule has 1 heterocycles. The van der Waals surface area contributed by atoms with Gasteiger partial charge < -0.3 is 4.55 Å². The zero-order valence-electron chi connectivity index (χ0n) is 16.1. The first-order valence-corrected chi connectivity index (χ1v) is 13.0. The van der Waals surface area contributed by atoms with Crippen molar-refractivity contribution in [2.24, 2.45) is 0 Å². The van der Waals surface area contributed by atoms with Crippen LogP contribution in [0.4, 0.5) is 5.69 Å². The van der Waals surface area contributed by atoms with Crippen LogP contribution in [0.1, 0.15) is 12.0 Å². The van der Waals surface area contributed by atoms with E-state index in [0.717, 1.165) is 20.3 Å². The molecule has 0 amide bonds. The minimum absolute atomic E-state index is 0.112. The molecular formula is C17H19NO9S3. The quantitative estimate of drug-likeness (QED) is 0.305. The van der Waals surface area contributed by atoms with Gasteiger partial charge in [0.05, 0.1) is 35.7 Å². The second-order valence-corrected chi connectivity index (χ2v) is 11.4. The van der Waals surface area contributed by atoms with Crippen molar-refractivity contribution in [2.75, 3.05) is 26.5 Å². The monoisotopic (exact) mass is 477 g/mol. The van der Waals surface area contributed by atoms with Gasteiger partial charge in [-0.25, -0.2) is 13.0 Å². The van der Waals surface area contributed by atoms with Gasteiger partial charge in [0.25, 0.3) is 20.2 Å². The van der Waals surface area contributed by atoms with E-state index in [9.17, 15) is 29.8 Å². The lowest BCUT2D eigenvalue weighted by Crippen LogP contribution is -2.12. The SMILES string of the molecule is COS(=O)(=O)c1cc(S(=O)(=O)OC)c2ccc3c(c2c1)CC=[N+]3CCCS(=O)(=O)[O-]. The zero-order chi connectivity index (χ0) is 22.3. The molecular weight excluding hydrogens is 458 g/mol. The second-order valence-electron chi connectivity index (χ2n) is 6.52. The molecule has 0 radical (unpaired) electrons. The summed E-state index contributed by atoms with van der Waals surface area (Å²) in [6, 6.07) is 5.51. The van der Waals surface area contributed by atoms with E-state index in [1.54, 1.807) is 16.9 Å². The molecule has 164 valence electrons. The van der Waals surface area contributed by atoms with Crippen LogP contribution in [0.5, 0.6) is 0 Å². The fourth-order valence-electron chi connectivity index (χ4n) is 3.37. The van der Waals surface area contributed by atoms with Crippen molar-refractivity contribution in [3.8, 4) is 0 Å². The first-order chi connectivity index (χ1) is 13.9. The fraction of sp³-hybridized carbons (Fsp3) is 0.353. The van der Waals surface area contributed by atoms with E-state index in [4.69, 9.17) is 0 Å². The van der Waals surface area contributed by atoms with Crippen molar-refractivity contribution in [3.05, 3.63) is 29.8 Å². The summed E-state index contributed by atoms with van der Waals surface area (Å²) in [6.45, 7) is 0.263. The molecule has 0 bridgehead atoms. The highest BCUT2D eigenvalue weighted by Gasteiger charge is 2.29. The van der Waals surface area contributed by atoms with Crippen LogP contribution in [0.2, 0.25) is 0 Å². The Balaban J connectivity index is 2.17. The predicted molar refractivity (Wildman–Crippen MR) is 106 cm³/mol. The van der Waals surface area contributed by atoms with Crippen LogP contribution in [0, 0.1) is 0 Å². The van der Waals surface area contributed by atoms with Crippen LogP contribution in [0.15, 0.2) is 34.1 Å². The van der Waals surface area contributed by atoms with Crippen molar-refractivity contribution in [1.29, 1.82) is 0 Å². The number of hydrogen-bond donors (Lipinski definition) is 0. The smallest absolute Gasteiger partial charge is 0.297 e. The lowest BCUT2D eigenvalue weighted by molar-refractivity contribution is -0.432. The Morgan fingerprint density at radius 2 is 1.63 bits per heavy atom. The first-order valence-electron chi connectivity index (χ1n) is 8.64. The standard InChI is InChI=1S/C17H19NO9S3/c1-26-29(22,23)12-10-15-13-6-8-18(7-3-9-28(19,20)21)16(13)5-4-14(15)17(11-12)30(24,25)27-2/h4-5,8,10-11H,3,6-7,9H2,1-2H3. The molecule has 0 unspecified atom stereocenters. The Morgan fingerprint density at radius 1 is 0.967 bits per heavy atom. The van der Waals surface area contributed by atoms with E-state index in [0.29, 0.717) is 23.1 Å². The Kier molecular flexibility index (Phi) is 6.06. The Bertz CT molecular complexity index is 1360. The Morgan fingerprint density at radius 3 is 2.23 bits per heavy atom. The van der Waals surface area contributed by atoms with Crippen LogP contribution in [0.25, 0.3) is 10.8 Å². The molecule has 0 atom stereocenters. The van der Waals surface area contributed by atoms with Crippen LogP contribution in [-0.4, -0.2) is 67.1 Å². The highest BCUT2D eigenvalue weighted by Crippen LogP contribution is 2.37. The van der Waals surface area contributed by atoms with Gasteiger partial charge in [0.2, 0.25) is 5.69 Å². The van der Waals surface area contributed by atoms with E-state index in [1.807, 2.05) is 0 Å². The number of fused-ring (bicyclic) bond motifs is 3. The molecule has 0 aliphatic carbocycles. The van der Waals surface area contributed by atoms with Crippen molar-refractivity contribution in [3.63, 3.8) is 0 Å². The average Bonchev–Trinajstić information content (AvgIpc) is 3.09. The normalized spacial score (nSPS) is 14.7. The zero-order valence-corrected chi connectivity index (χ0v) is 18.5. The van der Waals surface area contributed by atoms with Gasteiger partial charge in [0, 0.05) is 29.2 Å². The van der Waals surface area contributed by atoms with Gasteiger partial charge in [-0.15, -0.1) is 0 Å². The summed E-state index contributed by atoms with van der Waals surface area (Å²) in [5.74, 6) is -0.507. The van der Waals surface area contributed by atoms with Gasteiger partial charge in [-0.1, -0.05) is 0 Å². The van der Waals surface area contributed by atoms with E-state index in [2.05, 4.69) is 8.37 Å². The summed E-state index contributed by atoms with van der Waals surface area (Å²) in [5.41, 5.74) is 1.33. The molecule has 0 N–H and O–H groups in total. The third-order valence-electron chi connectivity index (χ3n) is 4.77. The van der Waals surface area contributed by atoms with Crippen LogP contribution in [0.3, 0.4) is 0 Å². The summed E-state index contributed by atoms with van der Waals surface area (Å²) in [7, 11) is -10.8. The number of rotatable bonds is 8. The van der Waals surface area contributed by atoms with Gasteiger partial charge in [-0.2, -0.15) is 16.8 Å². The highest BCUT2D eigenvalue weighted by atomic mass is 32.2. The predicted octanol–water partition coefficient (Wildman–Crippen LogP) is 0.716. The highest BCUT2D eigenvalue weighted by molar-refractivity contribution is 7.87. The van der Waals surface area contributed by atoms with Gasteiger partial charge in [0.1, 0.15) is 17.7 Å². The molecule has 0 saturated heterocycles. The molecule has 0 aromatic heterocycles. The first kappa shape index (κ1) is 22.8. The summed E-state index contributed by atoms with van der Waals surface area (Å²) in [4.78, 5) is -0.644. The summed E-state index contributed by atoms with van der Waals surface area (Å²) >= 11 is 0. The number of benzene rings is 2. The molecule has 10 nitrogen and oxygen atoms in total. The lowest BCUT2D eigenvalue weighted by Gasteiger charge is -2.12. The van der Waals surface area contributed by atoms with E-state index in [1.165, 1.54) is 12.1 Å². The van der Waals surface area contributed by atoms with Crippen molar-refractivity contribution in [2.45, 2.75) is 22.6 Å². The molecule has 1 aliphatic rings. The average molecular weight is 478 g/mol. The molecule has 30 heavy (non-hydrogen) atoms. The van der Waals surface area contributed by atoms with Crippen molar-refractivity contribution in [1.82, 2.24) is 0 Å². The summed E-state index contributed by atoms with van der Waals surface area (Å²) < 4.78 is 92.7. The van der Waals surface area contributed by atoms with Crippen LogP contribution in [-0.2, 0) is 45.1 Å². The van der Waals surface area contributed by atoms with Gasteiger partial charge in [0.15, 0.2) is 0 Å². The topological polar surface area (TPSA) is 147 Å². The third-order valence-corrected chi connectivity index (χ3v) is 8.13. The van der Waals surface area contributed by atoms with E-state index in [-0.39, 0.29) is 28.1 Å². The minimum Gasteiger partial charge on any atom is -0.748 e. The Labute approximate surface area is 174 Å². The number of hydrogen-bond acceptors (Lipinski definition) is 9.